The predicted molar refractivity (Wildman–Crippen MR) is 82.2 cm³/mol. The number of para-hydroxylation sites is 1. The first-order chi connectivity index (χ1) is 9.27. The topological polar surface area (TPSA) is 21.3 Å². The number of benzene rings is 1. The van der Waals surface area contributed by atoms with E-state index in [1.807, 2.05) is 19.1 Å². The third-order valence-corrected chi connectivity index (χ3v) is 4.02. The first-order valence-electron chi connectivity index (χ1n) is 6.75. The molecule has 2 rings (SSSR count). The first kappa shape index (κ1) is 14.1. The lowest BCUT2D eigenvalue weighted by Crippen LogP contribution is -2.22. The number of hydrogen-bond acceptors (Lipinski definition) is 3. The van der Waals surface area contributed by atoms with Crippen molar-refractivity contribution in [2.24, 2.45) is 0 Å². The Morgan fingerprint density at radius 1 is 1.16 bits per heavy atom. The molecule has 1 aromatic carbocycles. The Balaban J connectivity index is 2.42. The zero-order valence-electron chi connectivity index (χ0n) is 11.8. The highest BCUT2D eigenvalue weighted by Crippen LogP contribution is 2.33. The number of aryl methyl sites for hydroxylation is 1. The standard InChI is InChI=1S/C16H21NOS/c1-4-17-16(14-11-19-10-12(14)3)13-8-6-7-9-15(13)18-5-2/h6-11,16-17H,4-5H2,1-3H3. The van der Waals surface area contributed by atoms with Crippen molar-refractivity contribution in [2.75, 3.05) is 13.2 Å². The average Bonchev–Trinajstić information content (AvgIpc) is 2.84. The van der Waals surface area contributed by atoms with Crippen LogP contribution < -0.4 is 10.1 Å². The molecule has 19 heavy (non-hydrogen) atoms. The molecule has 0 saturated heterocycles. The summed E-state index contributed by atoms with van der Waals surface area (Å²) < 4.78 is 5.77. The molecule has 1 aromatic heterocycles. The van der Waals surface area contributed by atoms with Crippen LogP contribution in [-0.4, -0.2) is 13.2 Å². The van der Waals surface area contributed by atoms with Gasteiger partial charge in [0.25, 0.3) is 0 Å². The molecule has 1 heterocycles. The number of hydrogen-bond donors (Lipinski definition) is 1. The van der Waals surface area contributed by atoms with E-state index in [9.17, 15) is 0 Å². The maximum Gasteiger partial charge on any atom is 0.124 e. The molecule has 0 aliphatic rings. The number of ether oxygens (including phenoxy) is 1. The lowest BCUT2D eigenvalue weighted by atomic mass is 9.97. The summed E-state index contributed by atoms with van der Waals surface area (Å²) in [5.41, 5.74) is 3.90. The zero-order valence-corrected chi connectivity index (χ0v) is 12.6. The van der Waals surface area contributed by atoms with Crippen molar-refractivity contribution in [3.05, 3.63) is 51.7 Å². The van der Waals surface area contributed by atoms with Crippen LogP contribution in [0.3, 0.4) is 0 Å². The quantitative estimate of drug-likeness (QED) is 0.855. The van der Waals surface area contributed by atoms with Gasteiger partial charge in [0.1, 0.15) is 5.75 Å². The molecule has 0 fully saturated rings. The van der Waals surface area contributed by atoms with Crippen molar-refractivity contribution in [3.63, 3.8) is 0 Å². The molecule has 0 aliphatic carbocycles. The molecule has 102 valence electrons. The Hall–Kier alpha value is -1.32. The summed E-state index contributed by atoms with van der Waals surface area (Å²) in [6.07, 6.45) is 0. The first-order valence-corrected chi connectivity index (χ1v) is 7.70. The average molecular weight is 275 g/mol. The van der Waals surface area contributed by atoms with Crippen LogP contribution in [0, 0.1) is 6.92 Å². The highest BCUT2D eigenvalue weighted by molar-refractivity contribution is 7.08. The smallest absolute Gasteiger partial charge is 0.124 e. The van der Waals surface area contributed by atoms with Crippen LogP contribution in [0.4, 0.5) is 0 Å². The van der Waals surface area contributed by atoms with Crippen molar-refractivity contribution in [1.82, 2.24) is 5.32 Å². The van der Waals surface area contributed by atoms with Gasteiger partial charge in [-0.1, -0.05) is 25.1 Å². The van der Waals surface area contributed by atoms with Crippen molar-refractivity contribution in [3.8, 4) is 5.75 Å². The van der Waals surface area contributed by atoms with Crippen LogP contribution >= 0.6 is 11.3 Å². The Labute approximate surface area is 119 Å². The van der Waals surface area contributed by atoms with E-state index in [2.05, 4.69) is 42.1 Å². The fourth-order valence-electron chi connectivity index (χ4n) is 2.26. The molecular weight excluding hydrogens is 254 g/mol. The number of nitrogens with one attached hydrogen (secondary N) is 1. The van der Waals surface area contributed by atoms with E-state index in [4.69, 9.17) is 4.74 Å². The molecule has 3 heteroatoms. The van der Waals surface area contributed by atoms with Crippen LogP contribution in [0.2, 0.25) is 0 Å². The number of thiophene rings is 1. The SMILES string of the molecule is CCNC(c1cscc1C)c1ccccc1OCC. The van der Waals surface area contributed by atoms with E-state index in [-0.39, 0.29) is 6.04 Å². The molecule has 0 bridgehead atoms. The summed E-state index contributed by atoms with van der Waals surface area (Å²) in [5, 5.41) is 7.99. The second kappa shape index (κ2) is 6.73. The summed E-state index contributed by atoms with van der Waals surface area (Å²) in [5.74, 6) is 0.974. The predicted octanol–water partition coefficient (Wildman–Crippen LogP) is 4.15. The molecule has 2 nitrogen and oxygen atoms in total. The van der Waals surface area contributed by atoms with Crippen molar-refractivity contribution < 1.29 is 4.74 Å². The van der Waals surface area contributed by atoms with Gasteiger partial charge >= 0.3 is 0 Å². The third kappa shape index (κ3) is 3.17. The van der Waals surface area contributed by atoms with E-state index in [0.717, 1.165) is 12.3 Å². The molecule has 1 N–H and O–H groups in total. The van der Waals surface area contributed by atoms with E-state index in [1.165, 1.54) is 16.7 Å². The summed E-state index contributed by atoms with van der Waals surface area (Å²) >= 11 is 1.75. The summed E-state index contributed by atoms with van der Waals surface area (Å²) in [6.45, 7) is 7.95. The summed E-state index contributed by atoms with van der Waals surface area (Å²) in [6, 6.07) is 8.50. The van der Waals surface area contributed by atoms with Crippen LogP contribution in [0.5, 0.6) is 5.75 Å². The molecule has 0 saturated carbocycles. The molecule has 2 aromatic rings. The van der Waals surface area contributed by atoms with E-state index >= 15 is 0 Å². The van der Waals surface area contributed by atoms with Crippen LogP contribution in [0.1, 0.15) is 36.6 Å². The van der Waals surface area contributed by atoms with Crippen LogP contribution in [0.15, 0.2) is 35.0 Å². The van der Waals surface area contributed by atoms with Gasteiger partial charge in [-0.15, -0.1) is 0 Å². The number of rotatable bonds is 6. The van der Waals surface area contributed by atoms with Gasteiger partial charge in [-0.3, -0.25) is 0 Å². The van der Waals surface area contributed by atoms with E-state index in [0.29, 0.717) is 6.61 Å². The third-order valence-electron chi connectivity index (χ3n) is 3.14. The Kier molecular flexibility index (Phi) is 5.00. The minimum atomic E-state index is 0.207. The normalized spacial score (nSPS) is 12.4. The van der Waals surface area contributed by atoms with Gasteiger partial charge in [0.05, 0.1) is 12.6 Å². The minimum absolute atomic E-state index is 0.207. The largest absolute Gasteiger partial charge is 0.494 e. The van der Waals surface area contributed by atoms with Gasteiger partial charge in [0.15, 0.2) is 0 Å². The van der Waals surface area contributed by atoms with Crippen molar-refractivity contribution in [1.29, 1.82) is 0 Å². The Morgan fingerprint density at radius 3 is 2.58 bits per heavy atom. The fourth-order valence-corrected chi connectivity index (χ4v) is 3.14. The molecular formula is C16H21NOS. The van der Waals surface area contributed by atoms with Gasteiger partial charge in [0.2, 0.25) is 0 Å². The highest BCUT2D eigenvalue weighted by Gasteiger charge is 2.19. The molecule has 0 spiro atoms. The van der Waals surface area contributed by atoms with Crippen molar-refractivity contribution in [2.45, 2.75) is 26.8 Å². The molecule has 1 atom stereocenters. The molecule has 0 amide bonds. The molecule has 1 unspecified atom stereocenters. The summed E-state index contributed by atoms with van der Waals surface area (Å²) in [7, 11) is 0. The Bertz CT molecular complexity index is 521. The van der Waals surface area contributed by atoms with E-state index < -0.39 is 0 Å². The van der Waals surface area contributed by atoms with Gasteiger partial charge in [-0.2, -0.15) is 11.3 Å². The fraction of sp³-hybridized carbons (Fsp3) is 0.375. The van der Waals surface area contributed by atoms with Gasteiger partial charge < -0.3 is 10.1 Å². The second-order valence-electron chi connectivity index (χ2n) is 4.47. The maximum absolute atomic E-state index is 5.77. The zero-order chi connectivity index (χ0) is 13.7. The highest BCUT2D eigenvalue weighted by atomic mass is 32.1. The summed E-state index contributed by atoms with van der Waals surface area (Å²) in [4.78, 5) is 0. The monoisotopic (exact) mass is 275 g/mol. The van der Waals surface area contributed by atoms with Gasteiger partial charge in [-0.25, -0.2) is 0 Å². The van der Waals surface area contributed by atoms with E-state index in [1.54, 1.807) is 11.3 Å². The van der Waals surface area contributed by atoms with Crippen LogP contribution in [0.25, 0.3) is 0 Å². The van der Waals surface area contributed by atoms with Crippen LogP contribution in [-0.2, 0) is 0 Å². The minimum Gasteiger partial charge on any atom is -0.494 e. The lowest BCUT2D eigenvalue weighted by Gasteiger charge is -2.21. The molecule has 0 radical (unpaired) electrons. The van der Waals surface area contributed by atoms with Gasteiger partial charge in [-0.05, 0) is 48.3 Å². The second-order valence-corrected chi connectivity index (χ2v) is 5.22. The van der Waals surface area contributed by atoms with Crippen molar-refractivity contribution >= 4 is 11.3 Å². The van der Waals surface area contributed by atoms with Gasteiger partial charge in [0, 0.05) is 5.56 Å². The maximum atomic E-state index is 5.77. The lowest BCUT2D eigenvalue weighted by molar-refractivity contribution is 0.333. The molecule has 0 aliphatic heterocycles. The Morgan fingerprint density at radius 2 is 1.95 bits per heavy atom.